The molecule has 0 aromatic carbocycles. The highest BCUT2D eigenvalue weighted by molar-refractivity contribution is 7.10. The maximum atomic E-state index is 11.7. The second kappa shape index (κ2) is 3.52. The van der Waals surface area contributed by atoms with E-state index in [1.807, 2.05) is 20.8 Å². The largest absolute Gasteiger partial charge is 0.444 e. The Kier molecular flexibility index (Phi) is 2.46. The normalized spacial score (nSPS) is 15.3. The molecule has 1 aliphatic rings. The van der Waals surface area contributed by atoms with Crippen LogP contribution in [0.25, 0.3) is 0 Å². The summed E-state index contributed by atoms with van der Waals surface area (Å²) < 4.78 is 5.31. The lowest BCUT2D eigenvalue weighted by atomic mass is 10.2. The molecule has 2 heterocycles. The van der Waals surface area contributed by atoms with Crippen LogP contribution in [0.2, 0.25) is 0 Å². The molecule has 1 aromatic rings. The molecule has 1 aromatic heterocycles. The molecular weight excluding hydrogens is 210 g/mol. The minimum absolute atomic E-state index is 0.217. The molecule has 0 radical (unpaired) electrons. The summed E-state index contributed by atoms with van der Waals surface area (Å²) in [6.45, 7) is 7.04. The number of fused-ring (bicyclic) bond motifs is 1. The quantitative estimate of drug-likeness (QED) is 0.679. The van der Waals surface area contributed by atoms with Gasteiger partial charge in [-0.1, -0.05) is 0 Å². The van der Waals surface area contributed by atoms with E-state index in [0.717, 1.165) is 0 Å². The summed E-state index contributed by atoms with van der Waals surface area (Å²) in [5, 5.41) is 2.07. The summed E-state index contributed by atoms with van der Waals surface area (Å²) in [5.41, 5.74) is 0.846. The van der Waals surface area contributed by atoms with Gasteiger partial charge in [0, 0.05) is 4.88 Å². The number of ether oxygens (including phenoxy) is 1. The van der Waals surface area contributed by atoms with Crippen LogP contribution < -0.4 is 0 Å². The van der Waals surface area contributed by atoms with Gasteiger partial charge in [0.05, 0.1) is 13.1 Å². The lowest BCUT2D eigenvalue weighted by molar-refractivity contribution is 0.0242. The van der Waals surface area contributed by atoms with Gasteiger partial charge in [-0.3, -0.25) is 4.90 Å². The molecule has 0 aliphatic carbocycles. The van der Waals surface area contributed by atoms with Crippen molar-refractivity contribution in [2.75, 3.05) is 0 Å². The third-order valence-electron chi connectivity index (χ3n) is 2.19. The molecule has 1 amide bonds. The average Bonchev–Trinajstić information content (AvgIpc) is 2.56. The molecule has 2 rings (SSSR count). The Bertz CT molecular complexity index is 358. The molecule has 1 aliphatic heterocycles. The van der Waals surface area contributed by atoms with E-state index in [0.29, 0.717) is 13.1 Å². The first-order valence-corrected chi connectivity index (χ1v) is 5.87. The minimum atomic E-state index is -0.410. The summed E-state index contributed by atoms with van der Waals surface area (Å²) >= 11 is 1.70. The smallest absolute Gasteiger partial charge is 0.410 e. The summed E-state index contributed by atoms with van der Waals surface area (Å²) in [4.78, 5) is 14.8. The van der Waals surface area contributed by atoms with Crippen molar-refractivity contribution in [2.24, 2.45) is 0 Å². The van der Waals surface area contributed by atoms with E-state index in [-0.39, 0.29) is 6.09 Å². The van der Waals surface area contributed by atoms with E-state index in [4.69, 9.17) is 4.74 Å². The predicted octanol–water partition coefficient (Wildman–Crippen LogP) is 3.00. The number of hydrogen-bond acceptors (Lipinski definition) is 3. The van der Waals surface area contributed by atoms with Gasteiger partial charge >= 0.3 is 6.09 Å². The van der Waals surface area contributed by atoms with E-state index in [2.05, 4.69) is 11.4 Å². The highest BCUT2D eigenvalue weighted by atomic mass is 32.1. The van der Waals surface area contributed by atoms with Crippen LogP contribution in [0.4, 0.5) is 4.79 Å². The number of nitrogens with zero attached hydrogens (tertiary/aromatic N) is 1. The highest BCUT2D eigenvalue weighted by Crippen LogP contribution is 2.28. The monoisotopic (exact) mass is 225 g/mol. The first-order valence-electron chi connectivity index (χ1n) is 4.99. The number of carbonyl (C=O) groups is 1. The van der Waals surface area contributed by atoms with Crippen molar-refractivity contribution in [1.29, 1.82) is 0 Å². The Balaban J connectivity index is 1.98. The summed E-state index contributed by atoms with van der Waals surface area (Å²) in [6.07, 6.45) is -0.217. The molecular formula is C11H15NO2S. The molecule has 82 valence electrons. The first-order chi connectivity index (χ1) is 6.96. The summed E-state index contributed by atoms with van der Waals surface area (Å²) in [5.74, 6) is 0. The molecule has 0 N–H and O–H groups in total. The zero-order valence-corrected chi connectivity index (χ0v) is 10.1. The lowest BCUT2D eigenvalue weighted by Crippen LogP contribution is -2.33. The molecule has 0 bridgehead atoms. The fourth-order valence-corrected chi connectivity index (χ4v) is 2.45. The topological polar surface area (TPSA) is 29.5 Å². The van der Waals surface area contributed by atoms with E-state index < -0.39 is 5.60 Å². The Morgan fingerprint density at radius 2 is 2.20 bits per heavy atom. The van der Waals surface area contributed by atoms with Crippen molar-refractivity contribution < 1.29 is 9.53 Å². The third-order valence-corrected chi connectivity index (χ3v) is 3.13. The summed E-state index contributed by atoms with van der Waals surface area (Å²) in [6, 6.07) is 2.07. The minimum Gasteiger partial charge on any atom is -0.444 e. The van der Waals surface area contributed by atoms with Crippen LogP contribution in [0.1, 0.15) is 31.2 Å². The van der Waals surface area contributed by atoms with Crippen molar-refractivity contribution >= 4 is 17.4 Å². The van der Waals surface area contributed by atoms with Crippen LogP contribution in [-0.4, -0.2) is 16.6 Å². The molecule has 0 saturated carbocycles. The zero-order valence-electron chi connectivity index (χ0n) is 9.24. The summed E-state index contributed by atoms with van der Waals surface area (Å²) in [7, 11) is 0. The average molecular weight is 225 g/mol. The van der Waals surface area contributed by atoms with Crippen LogP contribution in [0.5, 0.6) is 0 Å². The van der Waals surface area contributed by atoms with Crippen LogP contribution >= 0.6 is 11.3 Å². The molecule has 0 unspecified atom stereocenters. The van der Waals surface area contributed by atoms with E-state index in [9.17, 15) is 4.79 Å². The first kappa shape index (κ1) is 10.5. The van der Waals surface area contributed by atoms with Crippen LogP contribution in [0.3, 0.4) is 0 Å². The number of amides is 1. The van der Waals surface area contributed by atoms with Gasteiger partial charge in [0.2, 0.25) is 0 Å². The number of carbonyl (C=O) groups excluding carboxylic acids is 1. The van der Waals surface area contributed by atoms with Crippen molar-refractivity contribution in [1.82, 2.24) is 4.90 Å². The van der Waals surface area contributed by atoms with Gasteiger partial charge in [0.25, 0.3) is 0 Å². The standard InChI is InChI=1S/C11H15NO2S/c1-11(2,3)14-10(13)12-6-8-4-5-15-9(8)7-12/h4-5H,6-7H2,1-3H3. The van der Waals surface area contributed by atoms with Gasteiger partial charge in [0.1, 0.15) is 5.60 Å². The third kappa shape index (κ3) is 2.31. The number of thiophene rings is 1. The SMILES string of the molecule is CC(C)(C)OC(=O)N1Cc2ccsc2C1. The second-order valence-electron chi connectivity index (χ2n) is 4.71. The molecule has 15 heavy (non-hydrogen) atoms. The van der Waals surface area contributed by atoms with E-state index in [1.165, 1.54) is 10.4 Å². The van der Waals surface area contributed by atoms with Crippen LogP contribution in [-0.2, 0) is 17.8 Å². The van der Waals surface area contributed by atoms with Crippen LogP contribution in [0, 0.1) is 0 Å². The number of hydrogen-bond donors (Lipinski definition) is 0. The van der Waals surface area contributed by atoms with Gasteiger partial charge in [-0.05, 0) is 37.8 Å². The Morgan fingerprint density at radius 3 is 2.80 bits per heavy atom. The Morgan fingerprint density at radius 1 is 1.47 bits per heavy atom. The fourth-order valence-electron chi connectivity index (χ4n) is 1.54. The Hall–Kier alpha value is -1.03. The van der Waals surface area contributed by atoms with E-state index >= 15 is 0 Å². The number of rotatable bonds is 0. The van der Waals surface area contributed by atoms with Crippen molar-refractivity contribution in [3.05, 3.63) is 21.9 Å². The van der Waals surface area contributed by atoms with E-state index in [1.54, 1.807) is 16.2 Å². The van der Waals surface area contributed by atoms with Gasteiger partial charge in [-0.2, -0.15) is 0 Å². The van der Waals surface area contributed by atoms with Crippen molar-refractivity contribution in [3.8, 4) is 0 Å². The fraction of sp³-hybridized carbons (Fsp3) is 0.545. The van der Waals surface area contributed by atoms with Crippen molar-refractivity contribution in [3.63, 3.8) is 0 Å². The molecule has 0 spiro atoms. The zero-order chi connectivity index (χ0) is 11.1. The second-order valence-corrected chi connectivity index (χ2v) is 5.71. The molecule has 4 heteroatoms. The van der Waals surface area contributed by atoms with Gasteiger partial charge < -0.3 is 4.74 Å². The van der Waals surface area contributed by atoms with Gasteiger partial charge in [-0.25, -0.2) is 4.79 Å². The van der Waals surface area contributed by atoms with Gasteiger partial charge in [0.15, 0.2) is 0 Å². The van der Waals surface area contributed by atoms with Crippen LogP contribution in [0.15, 0.2) is 11.4 Å². The molecule has 0 fully saturated rings. The molecule has 3 nitrogen and oxygen atoms in total. The maximum Gasteiger partial charge on any atom is 0.410 e. The maximum absolute atomic E-state index is 11.7. The molecule has 0 saturated heterocycles. The van der Waals surface area contributed by atoms with Crippen molar-refractivity contribution in [2.45, 2.75) is 39.5 Å². The lowest BCUT2D eigenvalue weighted by Gasteiger charge is -2.24. The Labute approximate surface area is 93.7 Å². The predicted molar refractivity (Wildman–Crippen MR) is 59.8 cm³/mol. The van der Waals surface area contributed by atoms with Gasteiger partial charge in [-0.15, -0.1) is 11.3 Å². The molecule has 0 atom stereocenters. The highest BCUT2D eigenvalue weighted by Gasteiger charge is 2.28.